The topological polar surface area (TPSA) is 18.1 Å². The van der Waals surface area contributed by atoms with Gasteiger partial charge in [0.2, 0.25) is 0 Å². The van der Waals surface area contributed by atoms with Crippen molar-refractivity contribution in [2.24, 2.45) is 0 Å². The molecule has 1 atom stereocenters. The molecule has 2 aromatic heterocycles. The first-order valence-corrected chi connectivity index (χ1v) is 22.5. The van der Waals surface area contributed by atoms with E-state index in [2.05, 4.69) is 229 Å². The SMILES string of the molecule is C(=C(/c1ccc(-c2ccccc2)cc1)c1ccc(-c2ccc3oc4ccccc4c3c2)cc1)/c1ccc2c(c1)C1(c3ccccc3-2)c2ccccc2-n2c3ccccc3c3cccc1c32. The Morgan fingerprint density at radius 1 is 0.385 bits per heavy atom. The summed E-state index contributed by atoms with van der Waals surface area (Å²) in [6.45, 7) is 0. The molecule has 302 valence electrons. The summed E-state index contributed by atoms with van der Waals surface area (Å²) >= 11 is 0. The predicted molar refractivity (Wildman–Crippen MR) is 270 cm³/mol. The summed E-state index contributed by atoms with van der Waals surface area (Å²) in [7, 11) is 0. The molecular formula is C63H39NO. The number of para-hydroxylation sites is 4. The fourth-order valence-electron chi connectivity index (χ4n) is 11.4. The van der Waals surface area contributed by atoms with Gasteiger partial charge in [0.25, 0.3) is 0 Å². The van der Waals surface area contributed by atoms with Crippen molar-refractivity contribution in [1.82, 2.24) is 4.57 Å². The van der Waals surface area contributed by atoms with E-state index in [0.29, 0.717) is 0 Å². The van der Waals surface area contributed by atoms with Gasteiger partial charge < -0.3 is 8.98 Å². The molecule has 3 heterocycles. The van der Waals surface area contributed by atoms with Crippen LogP contribution in [0.1, 0.15) is 38.9 Å². The molecule has 0 amide bonds. The lowest BCUT2D eigenvalue weighted by atomic mass is 9.65. The van der Waals surface area contributed by atoms with Gasteiger partial charge in [-0.3, -0.25) is 0 Å². The van der Waals surface area contributed by atoms with Crippen molar-refractivity contribution in [2.45, 2.75) is 5.41 Å². The van der Waals surface area contributed by atoms with E-state index in [1.165, 1.54) is 94.3 Å². The van der Waals surface area contributed by atoms with Gasteiger partial charge in [-0.05, 0) is 120 Å². The molecular weight excluding hydrogens is 787 g/mol. The van der Waals surface area contributed by atoms with Gasteiger partial charge in [0, 0.05) is 21.5 Å². The molecule has 1 aliphatic carbocycles. The molecule has 1 spiro atoms. The van der Waals surface area contributed by atoms with Crippen molar-refractivity contribution in [3.63, 3.8) is 0 Å². The number of benzene rings is 10. The van der Waals surface area contributed by atoms with Crippen LogP contribution in [0.15, 0.2) is 235 Å². The standard InChI is InChI=1S/C63H39NO/c1-2-13-41(14-3-1)42-26-30-44(31-27-42)52(45-32-28-43(29-33-45)46-34-36-61-53(39-46)50-17-6-11-24-60(50)65-61)37-40-25-35-48-47-15-4-7-19-54(47)63(57(48)38-40)55-20-8-10-23-59(55)64-58-22-9-5-16-49(58)51-18-12-21-56(63)62(51)64/h1-39H/b52-37+. The quantitative estimate of drug-likeness (QED) is 0.158. The number of hydrogen-bond acceptors (Lipinski definition) is 1. The maximum Gasteiger partial charge on any atom is 0.135 e. The van der Waals surface area contributed by atoms with E-state index >= 15 is 0 Å². The molecule has 2 aliphatic rings. The minimum absolute atomic E-state index is 0.517. The molecule has 65 heavy (non-hydrogen) atoms. The second-order valence-corrected chi connectivity index (χ2v) is 17.6. The average Bonchev–Trinajstić information content (AvgIpc) is 4.02. The van der Waals surface area contributed by atoms with Crippen LogP contribution < -0.4 is 0 Å². The lowest BCUT2D eigenvalue weighted by Crippen LogP contribution is -2.33. The Bertz CT molecular complexity index is 3920. The number of aromatic nitrogens is 1. The van der Waals surface area contributed by atoms with Crippen molar-refractivity contribution in [1.29, 1.82) is 0 Å². The first-order chi connectivity index (χ1) is 32.2. The molecule has 2 nitrogen and oxygen atoms in total. The summed E-state index contributed by atoms with van der Waals surface area (Å²) < 4.78 is 8.69. The third-order valence-corrected chi connectivity index (χ3v) is 14.2. The molecule has 0 bridgehead atoms. The highest BCUT2D eigenvalue weighted by atomic mass is 16.3. The minimum atomic E-state index is -0.517. The fraction of sp³-hybridized carbons (Fsp3) is 0.0159. The summed E-state index contributed by atoms with van der Waals surface area (Å²) in [4.78, 5) is 0. The summed E-state index contributed by atoms with van der Waals surface area (Å²) in [5.74, 6) is 0. The van der Waals surface area contributed by atoms with Crippen LogP contribution in [-0.2, 0) is 5.41 Å². The van der Waals surface area contributed by atoms with Crippen LogP contribution in [0.4, 0.5) is 0 Å². The van der Waals surface area contributed by atoms with Crippen molar-refractivity contribution in [2.75, 3.05) is 0 Å². The van der Waals surface area contributed by atoms with Gasteiger partial charge in [-0.1, -0.05) is 194 Å². The number of rotatable bonds is 5. The number of furan rings is 1. The summed E-state index contributed by atoms with van der Waals surface area (Å²) in [6.07, 6.45) is 2.40. The Hall–Kier alpha value is -8.46. The molecule has 0 saturated carbocycles. The van der Waals surface area contributed by atoms with Gasteiger partial charge in [0.05, 0.1) is 22.1 Å². The third-order valence-electron chi connectivity index (χ3n) is 14.2. The molecule has 0 radical (unpaired) electrons. The van der Waals surface area contributed by atoms with Crippen molar-refractivity contribution in [3.8, 4) is 39.1 Å². The van der Waals surface area contributed by atoms with Crippen LogP contribution in [0.2, 0.25) is 0 Å². The van der Waals surface area contributed by atoms with E-state index in [0.717, 1.165) is 33.1 Å². The molecule has 12 aromatic rings. The smallest absolute Gasteiger partial charge is 0.135 e. The first-order valence-electron chi connectivity index (χ1n) is 22.5. The van der Waals surface area contributed by atoms with Crippen molar-refractivity contribution < 1.29 is 4.42 Å². The Balaban J connectivity index is 0.965. The lowest BCUT2D eigenvalue weighted by molar-refractivity contribution is 0.669. The van der Waals surface area contributed by atoms with Crippen LogP contribution in [0.25, 0.3) is 94.5 Å². The molecule has 0 saturated heterocycles. The van der Waals surface area contributed by atoms with E-state index in [1.54, 1.807) is 0 Å². The molecule has 0 N–H and O–H groups in total. The number of nitrogens with zero attached hydrogens (tertiary/aromatic N) is 1. The van der Waals surface area contributed by atoms with Crippen molar-refractivity contribution >= 4 is 55.4 Å². The largest absolute Gasteiger partial charge is 0.456 e. The van der Waals surface area contributed by atoms with E-state index in [1.807, 2.05) is 12.1 Å². The van der Waals surface area contributed by atoms with Crippen LogP contribution in [0.5, 0.6) is 0 Å². The number of hydrogen-bond donors (Lipinski definition) is 0. The highest BCUT2D eigenvalue weighted by Crippen LogP contribution is 2.61. The Kier molecular flexibility index (Phi) is 7.64. The summed E-state index contributed by atoms with van der Waals surface area (Å²) in [6, 6.07) is 84.8. The van der Waals surface area contributed by atoms with E-state index in [4.69, 9.17) is 4.42 Å². The van der Waals surface area contributed by atoms with Gasteiger partial charge in [-0.25, -0.2) is 0 Å². The van der Waals surface area contributed by atoms with Crippen LogP contribution in [0.3, 0.4) is 0 Å². The van der Waals surface area contributed by atoms with Gasteiger partial charge in [-0.2, -0.15) is 0 Å². The van der Waals surface area contributed by atoms with Gasteiger partial charge in [0.1, 0.15) is 11.2 Å². The molecule has 1 unspecified atom stereocenters. The molecule has 0 fully saturated rings. The molecule has 14 rings (SSSR count). The third kappa shape index (κ3) is 5.17. The maximum atomic E-state index is 6.17. The second-order valence-electron chi connectivity index (χ2n) is 17.6. The Morgan fingerprint density at radius 3 is 1.82 bits per heavy atom. The zero-order valence-electron chi connectivity index (χ0n) is 35.4. The Labute approximate surface area is 376 Å². The van der Waals surface area contributed by atoms with Crippen LogP contribution in [0, 0.1) is 0 Å². The molecule has 1 aliphatic heterocycles. The highest BCUT2D eigenvalue weighted by Gasteiger charge is 2.50. The lowest BCUT2D eigenvalue weighted by Gasteiger charge is -2.39. The van der Waals surface area contributed by atoms with Gasteiger partial charge >= 0.3 is 0 Å². The van der Waals surface area contributed by atoms with Gasteiger partial charge in [0.15, 0.2) is 0 Å². The van der Waals surface area contributed by atoms with Crippen LogP contribution >= 0.6 is 0 Å². The molecule has 10 aromatic carbocycles. The van der Waals surface area contributed by atoms with Crippen molar-refractivity contribution in [3.05, 3.63) is 269 Å². The molecule has 2 heteroatoms. The average molecular weight is 826 g/mol. The highest BCUT2D eigenvalue weighted by molar-refractivity contribution is 6.13. The second kappa shape index (κ2) is 13.8. The van der Waals surface area contributed by atoms with E-state index in [-0.39, 0.29) is 0 Å². The van der Waals surface area contributed by atoms with E-state index < -0.39 is 5.41 Å². The van der Waals surface area contributed by atoms with Crippen LogP contribution in [-0.4, -0.2) is 4.57 Å². The zero-order chi connectivity index (χ0) is 42.6. The first kappa shape index (κ1) is 36.1. The maximum absolute atomic E-state index is 6.17. The fourth-order valence-corrected chi connectivity index (χ4v) is 11.4. The van der Waals surface area contributed by atoms with E-state index in [9.17, 15) is 0 Å². The summed E-state index contributed by atoms with van der Waals surface area (Å²) in [5, 5.41) is 4.84. The summed E-state index contributed by atoms with van der Waals surface area (Å²) in [5.41, 5.74) is 22.3. The normalized spacial score (nSPS) is 14.9. The monoisotopic (exact) mass is 825 g/mol. The minimum Gasteiger partial charge on any atom is -0.456 e. The predicted octanol–water partition coefficient (Wildman–Crippen LogP) is 16.3. The van der Waals surface area contributed by atoms with Gasteiger partial charge in [-0.15, -0.1) is 0 Å². The zero-order valence-corrected chi connectivity index (χ0v) is 35.4. The Morgan fingerprint density at radius 2 is 0.985 bits per heavy atom. The number of fused-ring (bicyclic) bond motifs is 15.